The van der Waals surface area contributed by atoms with Gasteiger partial charge >= 0.3 is 6.03 Å². The van der Waals surface area contributed by atoms with Crippen LogP contribution in [0.1, 0.15) is 0 Å². The van der Waals surface area contributed by atoms with Gasteiger partial charge < -0.3 is 11.1 Å². The van der Waals surface area contributed by atoms with E-state index in [1.165, 1.54) is 31.3 Å². The van der Waals surface area contributed by atoms with Crippen molar-refractivity contribution < 1.29 is 9.18 Å². The highest BCUT2D eigenvalue weighted by atomic mass is 19.1. The molecule has 0 saturated carbocycles. The predicted molar refractivity (Wildman–Crippen MR) is 56.1 cm³/mol. The van der Waals surface area contributed by atoms with Crippen LogP contribution in [0, 0.1) is 5.82 Å². The first-order valence-electron chi connectivity index (χ1n) is 4.17. The summed E-state index contributed by atoms with van der Waals surface area (Å²) >= 11 is 0. The average Bonchev–Trinajstić information content (AvgIpc) is 2.19. The van der Waals surface area contributed by atoms with Crippen molar-refractivity contribution >= 4 is 17.7 Å². The lowest BCUT2D eigenvalue weighted by Crippen LogP contribution is -2.39. The van der Waals surface area contributed by atoms with Gasteiger partial charge in [-0.1, -0.05) is 0 Å². The fourth-order valence-corrected chi connectivity index (χ4v) is 0.930. The molecule has 0 spiro atoms. The molecule has 0 aromatic heterocycles. The fraction of sp³-hybridized carbons (Fsp3) is 0.111. The summed E-state index contributed by atoms with van der Waals surface area (Å²) in [5.41, 5.74) is 5.52. The molecule has 0 heterocycles. The number of urea groups is 1. The number of aliphatic imine (C=N–C) groups is 1. The molecule has 0 fully saturated rings. The lowest BCUT2D eigenvalue weighted by Gasteiger charge is -2.08. The number of hydrogen-bond donors (Lipinski definition) is 3. The van der Waals surface area contributed by atoms with E-state index < -0.39 is 6.03 Å². The highest BCUT2D eigenvalue weighted by Gasteiger charge is 2.01. The van der Waals surface area contributed by atoms with E-state index in [-0.39, 0.29) is 11.8 Å². The quantitative estimate of drug-likeness (QED) is 0.475. The number of amides is 2. The molecule has 0 bridgehead atoms. The van der Waals surface area contributed by atoms with Gasteiger partial charge in [0.1, 0.15) is 5.82 Å². The number of benzene rings is 1. The molecule has 1 aromatic rings. The number of halogens is 1. The summed E-state index contributed by atoms with van der Waals surface area (Å²) in [7, 11) is 1.49. The van der Waals surface area contributed by atoms with E-state index in [4.69, 9.17) is 5.73 Å². The fourth-order valence-electron chi connectivity index (χ4n) is 0.930. The number of rotatable bonds is 1. The van der Waals surface area contributed by atoms with Crippen LogP contribution in [0.25, 0.3) is 0 Å². The van der Waals surface area contributed by atoms with E-state index in [0.717, 1.165) is 0 Å². The summed E-state index contributed by atoms with van der Waals surface area (Å²) in [5, 5.41) is 5.04. The highest BCUT2D eigenvalue weighted by molar-refractivity contribution is 6.03. The SMILES string of the molecule is CN=C(NC(N)=O)Nc1ccc(F)cc1. The van der Waals surface area contributed by atoms with Crippen LogP contribution in [0.4, 0.5) is 14.9 Å². The van der Waals surface area contributed by atoms with Crippen molar-refractivity contribution in [2.24, 2.45) is 10.7 Å². The first-order chi connectivity index (χ1) is 7.11. The third kappa shape index (κ3) is 3.63. The zero-order valence-electron chi connectivity index (χ0n) is 8.12. The van der Waals surface area contributed by atoms with Crippen molar-refractivity contribution in [1.82, 2.24) is 5.32 Å². The first kappa shape index (κ1) is 11.0. The number of hydrogen-bond acceptors (Lipinski definition) is 2. The summed E-state index contributed by atoms with van der Waals surface area (Å²) in [6, 6.07) is 4.90. The average molecular weight is 210 g/mol. The van der Waals surface area contributed by atoms with Crippen LogP contribution in [-0.4, -0.2) is 19.0 Å². The largest absolute Gasteiger partial charge is 0.351 e. The van der Waals surface area contributed by atoms with Gasteiger partial charge in [0.25, 0.3) is 0 Å². The van der Waals surface area contributed by atoms with Gasteiger partial charge in [0.15, 0.2) is 0 Å². The number of carbonyl (C=O) groups is 1. The van der Waals surface area contributed by atoms with Gasteiger partial charge in [0, 0.05) is 12.7 Å². The van der Waals surface area contributed by atoms with Crippen LogP contribution in [-0.2, 0) is 0 Å². The predicted octanol–water partition coefficient (Wildman–Crippen LogP) is 0.892. The second kappa shape index (κ2) is 4.94. The zero-order chi connectivity index (χ0) is 11.3. The Kier molecular flexibility index (Phi) is 3.61. The topological polar surface area (TPSA) is 79.5 Å². The minimum atomic E-state index is -0.717. The molecular weight excluding hydrogens is 199 g/mol. The Morgan fingerprint density at radius 3 is 2.47 bits per heavy atom. The third-order valence-corrected chi connectivity index (χ3v) is 1.57. The molecule has 0 aliphatic rings. The molecule has 1 rings (SSSR count). The molecule has 4 N–H and O–H groups in total. The molecular formula is C9H11FN4O. The van der Waals surface area contributed by atoms with Gasteiger partial charge in [0.05, 0.1) is 0 Å². The van der Waals surface area contributed by atoms with E-state index in [2.05, 4.69) is 15.6 Å². The van der Waals surface area contributed by atoms with Crippen LogP contribution in [0.5, 0.6) is 0 Å². The van der Waals surface area contributed by atoms with Crippen LogP contribution in [0.15, 0.2) is 29.3 Å². The molecule has 5 nitrogen and oxygen atoms in total. The summed E-state index contributed by atoms with van der Waals surface area (Å²) in [6.07, 6.45) is 0. The smallest absolute Gasteiger partial charge is 0.318 e. The lowest BCUT2D eigenvalue weighted by atomic mass is 10.3. The first-order valence-corrected chi connectivity index (χ1v) is 4.17. The van der Waals surface area contributed by atoms with Gasteiger partial charge in [-0.3, -0.25) is 10.3 Å². The van der Waals surface area contributed by atoms with Crippen LogP contribution in [0.3, 0.4) is 0 Å². The van der Waals surface area contributed by atoms with Crippen molar-refractivity contribution in [3.8, 4) is 0 Å². The Balaban J connectivity index is 2.67. The summed E-state index contributed by atoms with van der Waals surface area (Å²) in [6.45, 7) is 0. The second-order valence-electron chi connectivity index (χ2n) is 2.69. The Morgan fingerprint density at radius 2 is 2.00 bits per heavy atom. The Morgan fingerprint density at radius 1 is 1.40 bits per heavy atom. The molecule has 0 atom stereocenters. The molecule has 15 heavy (non-hydrogen) atoms. The number of guanidine groups is 1. The maximum Gasteiger partial charge on any atom is 0.318 e. The van der Waals surface area contributed by atoms with Gasteiger partial charge in [-0.05, 0) is 24.3 Å². The molecule has 0 aliphatic heterocycles. The Labute approximate surface area is 86.2 Å². The lowest BCUT2D eigenvalue weighted by molar-refractivity contribution is 0.253. The monoisotopic (exact) mass is 210 g/mol. The van der Waals surface area contributed by atoms with Crippen molar-refractivity contribution in [2.75, 3.05) is 12.4 Å². The summed E-state index contributed by atoms with van der Waals surface area (Å²) in [4.78, 5) is 14.3. The van der Waals surface area contributed by atoms with Crippen LogP contribution in [0.2, 0.25) is 0 Å². The Hall–Kier alpha value is -2.11. The molecule has 0 saturated heterocycles. The van der Waals surface area contributed by atoms with Gasteiger partial charge in [0.2, 0.25) is 5.96 Å². The second-order valence-corrected chi connectivity index (χ2v) is 2.69. The van der Waals surface area contributed by atoms with Crippen molar-refractivity contribution in [1.29, 1.82) is 0 Å². The number of nitrogens with zero attached hydrogens (tertiary/aromatic N) is 1. The number of carbonyl (C=O) groups excluding carboxylic acids is 1. The molecule has 1 aromatic carbocycles. The molecule has 0 aliphatic carbocycles. The number of primary amides is 1. The van der Waals surface area contributed by atoms with Crippen molar-refractivity contribution in [3.05, 3.63) is 30.1 Å². The standard InChI is InChI=1S/C9H11FN4O/c1-12-9(14-8(11)15)13-7-4-2-6(10)3-5-7/h2-5H,1H3,(H4,11,12,13,14,15). The molecule has 0 unspecified atom stereocenters. The van der Waals surface area contributed by atoms with E-state index in [9.17, 15) is 9.18 Å². The van der Waals surface area contributed by atoms with Gasteiger partial charge in [-0.25, -0.2) is 9.18 Å². The minimum absolute atomic E-state index is 0.203. The van der Waals surface area contributed by atoms with Crippen molar-refractivity contribution in [2.45, 2.75) is 0 Å². The maximum atomic E-state index is 12.6. The molecule has 0 radical (unpaired) electrons. The third-order valence-electron chi connectivity index (χ3n) is 1.57. The molecule has 80 valence electrons. The van der Waals surface area contributed by atoms with Gasteiger partial charge in [-0.2, -0.15) is 0 Å². The zero-order valence-corrected chi connectivity index (χ0v) is 8.12. The molecule has 6 heteroatoms. The van der Waals surface area contributed by atoms with Crippen molar-refractivity contribution in [3.63, 3.8) is 0 Å². The maximum absolute atomic E-state index is 12.6. The minimum Gasteiger partial charge on any atom is -0.351 e. The van der Waals surface area contributed by atoms with E-state index in [1.54, 1.807) is 0 Å². The Bertz CT molecular complexity index is 374. The van der Waals surface area contributed by atoms with E-state index in [1.807, 2.05) is 0 Å². The highest BCUT2D eigenvalue weighted by Crippen LogP contribution is 2.07. The number of anilines is 1. The van der Waals surface area contributed by atoms with Crippen LogP contribution < -0.4 is 16.4 Å². The van der Waals surface area contributed by atoms with E-state index >= 15 is 0 Å². The summed E-state index contributed by atoms with van der Waals surface area (Å²) < 4.78 is 12.6. The summed E-state index contributed by atoms with van der Waals surface area (Å²) in [5.74, 6) is -0.132. The number of nitrogens with two attached hydrogens (primary N) is 1. The van der Waals surface area contributed by atoms with Crippen LogP contribution >= 0.6 is 0 Å². The van der Waals surface area contributed by atoms with E-state index in [0.29, 0.717) is 5.69 Å². The normalized spacial score (nSPS) is 10.9. The number of nitrogens with one attached hydrogen (secondary N) is 2. The molecule has 2 amide bonds. The van der Waals surface area contributed by atoms with Gasteiger partial charge in [-0.15, -0.1) is 0 Å².